The molecule has 2 rings (SSSR count). The van der Waals surface area contributed by atoms with Crippen molar-refractivity contribution in [3.05, 3.63) is 21.1 Å². The Labute approximate surface area is 131 Å². The smallest absolute Gasteiger partial charge is 0.135 e. The second-order valence-corrected chi connectivity index (χ2v) is 6.63. The van der Waals surface area contributed by atoms with E-state index < -0.39 is 0 Å². The van der Waals surface area contributed by atoms with Crippen molar-refractivity contribution in [3.8, 4) is 5.75 Å². The van der Waals surface area contributed by atoms with E-state index in [-0.39, 0.29) is 12.1 Å². The number of hydrogen-bond acceptors (Lipinski definition) is 3. The minimum atomic E-state index is -0.274. The lowest BCUT2D eigenvalue weighted by Crippen LogP contribution is -2.32. The van der Waals surface area contributed by atoms with Gasteiger partial charge in [0.2, 0.25) is 0 Å². The van der Waals surface area contributed by atoms with Gasteiger partial charge in [0.05, 0.1) is 29.4 Å². The van der Waals surface area contributed by atoms with Gasteiger partial charge >= 0.3 is 0 Å². The first-order valence-electron chi connectivity index (χ1n) is 6.59. The number of nitrogens with one attached hydrogen (secondary N) is 1. The molecule has 0 amide bonds. The number of methoxy groups -OCH3 is 1. The van der Waals surface area contributed by atoms with Crippen LogP contribution in [0, 0.1) is 0 Å². The van der Waals surface area contributed by atoms with E-state index in [9.17, 15) is 5.11 Å². The van der Waals surface area contributed by atoms with E-state index in [4.69, 9.17) is 4.74 Å². The monoisotopic (exact) mass is 391 g/mol. The van der Waals surface area contributed by atoms with Gasteiger partial charge in [0.1, 0.15) is 5.75 Å². The van der Waals surface area contributed by atoms with Gasteiger partial charge in [-0.2, -0.15) is 0 Å². The van der Waals surface area contributed by atoms with Crippen LogP contribution in [0.5, 0.6) is 5.75 Å². The lowest BCUT2D eigenvalue weighted by Gasteiger charge is -2.24. The highest BCUT2D eigenvalue weighted by atomic mass is 79.9. The zero-order valence-corrected chi connectivity index (χ0v) is 14.1. The molecule has 2 unspecified atom stereocenters. The van der Waals surface area contributed by atoms with E-state index in [1.807, 2.05) is 12.1 Å². The van der Waals surface area contributed by atoms with Crippen molar-refractivity contribution >= 4 is 37.5 Å². The fraction of sp³-hybridized carbons (Fsp3) is 0.571. The number of aliphatic hydroxyl groups is 1. The minimum Gasteiger partial charge on any atom is -0.495 e. The number of anilines is 1. The second-order valence-electron chi connectivity index (χ2n) is 4.92. The largest absolute Gasteiger partial charge is 0.495 e. The third-order valence-electron chi connectivity index (χ3n) is 3.56. The minimum absolute atomic E-state index is 0.115. The molecule has 1 aliphatic carbocycles. The molecule has 2 atom stereocenters. The van der Waals surface area contributed by atoms with Crippen molar-refractivity contribution < 1.29 is 9.84 Å². The lowest BCUT2D eigenvalue weighted by atomic mass is 10.1. The van der Waals surface area contributed by atoms with E-state index in [1.54, 1.807) is 7.11 Å². The molecule has 1 aromatic rings. The summed E-state index contributed by atoms with van der Waals surface area (Å²) in [7, 11) is 1.65. The van der Waals surface area contributed by atoms with Crippen LogP contribution in [0.3, 0.4) is 0 Å². The van der Waals surface area contributed by atoms with Crippen LogP contribution in [0.2, 0.25) is 0 Å². The molecule has 0 saturated heterocycles. The van der Waals surface area contributed by atoms with Crippen LogP contribution < -0.4 is 10.1 Å². The van der Waals surface area contributed by atoms with Crippen LogP contribution in [0.15, 0.2) is 21.1 Å². The van der Waals surface area contributed by atoms with Crippen LogP contribution in [0.4, 0.5) is 5.69 Å². The quantitative estimate of drug-likeness (QED) is 0.752. The Hall–Kier alpha value is -0.260. The molecule has 3 nitrogen and oxygen atoms in total. The summed E-state index contributed by atoms with van der Waals surface area (Å²) in [6.45, 7) is 0. The standard InChI is InChI=1S/C14H19Br2NO2/c1-19-14-8-12(9(15)7-10(14)16)17-11-5-3-2-4-6-13(11)18/h7-8,11,13,17-18H,2-6H2,1H3. The molecule has 0 heterocycles. The normalized spacial score (nSPS) is 23.8. The highest BCUT2D eigenvalue weighted by Crippen LogP contribution is 2.35. The average molecular weight is 393 g/mol. The maximum Gasteiger partial charge on any atom is 0.135 e. The molecular formula is C14H19Br2NO2. The summed E-state index contributed by atoms with van der Waals surface area (Å²) in [5, 5.41) is 13.6. The molecule has 19 heavy (non-hydrogen) atoms. The highest BCUT2D eigenvalue weighted by molar-refractivity contribution is 9.11. The number of ether oxygens (including phenoxy) is 1. The number of rotatable bonds is 3. The number of hydrogen-bond donors (Lipinski definition) is 2. The van der Waals surface area contributed by atoms with Gasteiger partial charge in [-0.3, -0.25) is 0 Å². The van der Waals surface area contributed by atoms with Crippen LogP contribution in [0.1, 0.15) is 32.1 Å². The predicted octanol–water partition coefficient (Wildman–Crippen LogP) is 4.33. The molecule has 2 N–H and O–H groups in total. The highest BCUT2D eigenvalue weighted by Gasteiger charge is 2.22. The number of benzene rings is 1. The fourth-order valence-electron chi connectivity index (χ4n) is 2.45. The first kappa shape index (κ1) is 15.1. The summed E-state index contributed by atoms with van der Waals surface area (Å²) in [6.07, 6.45) is 5.10. The van der Waals surface area contributed by atoms with Crippen molar-refractivity contribution in [2.75, 3.05) is 12.4 Å². The average Bonchev–Trinajstić information content (AvgIpc) is 2.58. The maximum atomic E-state index is 10.2. The van der Waals surface area contributed by atoms with Gasteiger partial charge in [-0.15, -0.1) is 0 Å². The second kappa shape index (κ2) is 6.95. The molecule has 0 spiro atoms. The van der Waals surface area contributed by atoms with Crippen LogP contribution in [0.25, 0.3) is 0 Å². The van der Waals surface area contributed by atoms with Crippen molar-refractivity contribution in [2.45, 2.75) is 44.2 Å². The zero-order chi connectivity index (χ0) is 13.8. The predicted molar refractivity (Wildman–Crippen MR) is 84.9 cm³/mol. The van der Waals surface area contributed by atoms with Gasteiger partial charge < -0.3 is 15.2 Å². The van der Waals surface area contributed by atoms with Gasteiger partial charge in [0.15, 0.2) is 0 Å². The summed E-state index contributed by atoms with van der Waals surface area (Å²) < 4.78 is 7.19. The molecule has 1 aliphatic rings. The first-order valence-corrected chi connectivity index (χ1v) is 8.18. The molecule has 106 valence electrons. The van der Waals surface area contributed by atoms with Crippen molar-refractivity contribution in [3.63, 3.8) is 0 Å². The third-order valence-corrected chi connectivity index (χ3v) is 4.84. The molecule has 0 bridgehead atoms. The SMILES string of the molecule is COc1cc(NC2CCCCCC2O)c(Br)cc1Br. The van der Waals surface area contributed by atoms with Gasteiger partial charge in [-0.05, 0) is 50.8 Å². The summed E-state index contributed by atoms with van der Waals surface area (Å²) in [4.78, 5) is 0. The molecular weight excluding hydrogens is 374 g/mol. The number of halogens is 2. The Morgan fingerprint density at radius 2 is 1.89 bits per heavy atom. The summed E-state index contributed by atoms with van der Waals surface area (Å²) >= 11 is 7.01. The number of aliphatic hydroxyl groups excluding tert-OH is 1. The Morgan fingerprint density at radius 3 is 2.63 bits per heavy atom. The van der Waals surface area contributed by atoms with Crippen LogP contribution in [-0.2, 0) is 0 Å². The van der Waals surface area contributed by atoms with Crippen LogP contribution >= 0.6 is 31.9 Å². The first-order chi connectivity index (χ1) is 9.11. The Morgan fingerprint density at radius 1 is 1.16 bits per heavy atom. The summed E-state index contributed by atoms with van der Waals surface area (Å²) in [6, 6.07) is 4.03. The van der Waals surface area contributed by atoms with Crippen molar-refractivity contribution in [2.24, 2.45) is 0 Å². The third kappa shape index (κ3) is 3.86. The molecule has 1 fully saturated rings. The Bertz CT molecular complexity index is 440. The molecule has 1 aromatic carbocycles. The van der Waals surface area contributed by atoms with Crippen molar-refractivity contribution in [1.29, 1.82) is 0 Å². The molecule has 0 aliphatic heterocycles. The maximum absolute atomic E-state index is 10.2. The zero-order valence-electron chi connectivity index (χ0n) is 11.0. The van der Waals surface area contributed by atoms with Gasteiger partial charge in [0.25, 0.3) is 0 Å². The lowest BCUT2D eigenvalue weighted by molar-refractivity contribution is 0.144. The molecule has 1 saturated carbocycles. The fourth-order valence-corrected chi connectivity index (χ4v) is 3.72. The van der Waals surface area contributed by atoms with Crippen molar-refractivity contribution in [1.82, 2.24) is 0 Å². The van der Waals surface area contributed by atoms with Gasteiger partial charge in [-0.25, -0.2) is 0 Å². The molecule has 0 aromatic heterocycles. The van der Waals surface area contributed by atoms with E-state index in [2.05, 4.69) is 37.2 Å². The Balaban J connectivity index is 2.17. The van der Waals surface area contributed by atoms with Crippen LogP contribution in [-0.4, -0.2) is 24.4 Å². The van der Waals surface area contributed by atoms with E-state index in [0.717, 1.165) is 39.6 Å². The van der Waals surface area contributed by atoms with E-state index in [1.165, 1.54) is 12.8 Å². The van der Waals surface area contributed by atoms with E-state index in [0.29, 0.717) is 0 Å². The van der Waals surface area contributed by atoms with Gasteiger partial charge in [-0.1, -0.05) is 19.3 Å². The summed E-state index contributed by atoms with van der Waals surface area (Å²) in [5.74, 6) is 0.786. The molecule has 5 heteroatoms. The Kier molecular flexibility index (Phi) is 5.54. The molecule has 0 radical (unpaired) electrons. The summed E-state index contributed by atoms with van der Waals surface area (Å²) in [5.41, 5.74) is 0.964. The topological polar surface area (TPSA) is 41.5 Å². The van der Waals surface area contributed by atoms with E-state index >= 15 is 0 Å². The van der Waals surface area contributed by atoms with Gasteiger partial charge in [0, 0.05) is 10.5 Å².